The van der Waals surface area contributed by atoms with Crippen LogP contribution in [0.3, 0.4) is 0 Å². The van der Waals surface area contributed by atoms with Gasteiger partial charge in [0.2, 0.25) is 5.91 Å². The molecule has 0 bridgehead atoms. The van der Waals surface area contributed by atoms with Crippen LogP contribution in [0, 0.1) is 6.92 Å². The third-order valence-corrected chi connectivity index (χ3v) is 5.45. The van der Waals surface area contributed by atoms with E-state index in [1.54, 1.807) is 23.2 Å². The van der Waals surface area contributed by atoms with Crippen molar-refractivity contribution in [3.63, 3.8) is 0 Å². The van der Waals surface area contributed by atoms with Crippen LogP contribution in [0.5, 0.6) is 5.75 Å². The van der Waals surface area contributed by atoms with Gasteiger partial charge >= 0.3 is 0 Å². The molecule has 0 saturated carbocycles. The number of anilines is 1. The third-order valence-electron chi connectivity index (χ3n) is 5.45. The molecule has 170 valence electrons. The van der Waals surface area contributed by atoms with Crippen molar-refractivity contribution in [3.05, 3.63) is 83.8 Å². The highest BCUT2D eigenvalue weighted by Crippen LogP contribution is 2.18. The molecule has 1 aliphatic heterocycles. The van der Waals surface area contributed by atoms with Crippen LogP contribution >= 0.6 is 0 Å². The topological polar surface area (TPSA) is 87.7 Å². The van der Waals surface area contributed by atoms with E-state index < -0.39 is 0 Å². The molecule has 0 atom stereocenters. The van der Waals surface area contributed by atoms with E-state index in [2.05, 4.69) is 20.2 Å². The molecular weight excluding hydrogens is 418 g/mol. The Morgan fingerprint density at radius 3 is 2.45 bits per heavy atom. The molecule has 1 fully saturated rings. The zero-order valence-electron chi connectivity index (χ0n) is 18.6. The Kier molecular flexibility index (Phi) is 7.14. The maximum Gasteiger partial charge on any atom is 0.270 e. The zero-order chi connectivity index (χ0) is 23.0. The Morgan fingerprint density at radius 2 is 1.76 bits per heavy atom. The maximum absolute atomic E-state index is 12.5. The lowest BCUT2D eigenvalue weighted by molar-refractivity contribution is -0.130. The van der Waals surface area contributed by atoms with Crippen LogP contribution < -0.4 is 15.0 Å². The molecule has 1 saturated heterocycles. The molecule has 0 radical (unpaired) electrons. The minimum absolute atomic E-state index is 0.0415. The van der Waals surface area contributed by atoms with Crippen molar-refractivity contribution in [1.82, 2.24) is 20.2 Å². The van der Waals surface area contributed by atoms with Gasteiger partial charge in [-0.25, -0.2) is 9.97 Å². The summed E-state index contributed by atoms with van der Waals surface area (Å²) in [5, 5.41) is 2.66. The first-order valence-corrected chi connectivity index (χ1v) is 11.0. The number of nitrogens with zero attached hydrogens (tertiary/aromatic N) is 4. The van der Waals surface area contributed by atoms with Gasteiger partial charge in [0.25, 0.3) is 5.91 Å². The van der Waals surface area contributed by atoms with Crippen LogP contribution in [0.25, 0.3) is 0 Å². The van der Waals surface area contributed by atoms with Gasteiger partial charge in [-0.15, -0.1) is 0 Å². The van der Waals surface area contributed by atoms with Gasteiger partial charge in [-0.2, -0.15) is 0 Å². The van der Waals surface area contributed by atoms with E-state index in [1.807, 2.05) is 55.5 Å². The van der Waals surface area contributed by atoms with Gasteiger partial charge in [0.05, 0.1) is 12.7 Å². The summed E-state index contributed by atoms with van der Waals surface area (Å²) in [7, 11) is 0. The van der Waals surface area contributed by atoms with Crippen molar-refractivity contribution in [2.45, 2.75) is 13.5 Å². The molecule has 0 aliphatic carbocycles. The predicted octanol–water partition coefficient (Wildman–Crippen LogP) is 2.44. The van der Waals surface area contributed by atoms with Gasteiger partial charge in [-0.05, 0) is 36.8 Å². The average molecular weight is 446 g/mol. The Labute approximate surface area is 193 Å². The molecule has 0 unspecified atom stereocenters. The molecule has 3 aromatic rings. The van der Waals surface area contributed by atoms with Crippen molar-refractivity contribution >= 4 is 17.6 Å². The normalized spacial score (nSPS) is 13.5. The average Bonchev–Trinajstić information content (AvgIpc) is 2.87. The number of carbonyl (C=O) groups is 2. The second kappa shape index (κ2) is 10.6. The number of piperazine rings is 1. The van der Waals surface area contributed by atoms with Crippen LogP contribution in [0.15, 0.2) is 66.9 Å². The Hall–Kier alpha value is -3.94. The molecule has 2 amide bonds. The summed E-state index contributed by atoms with van der Waals surface area (Å²) in [5.74, 6) is 1.13. The first-order valence-electron chi connectivity index (χ1n) is 11.0. The van der Waals surface area contributed by atoms with Crippen molar-refractivity contribution in [2.24, 2.45) is 0 Å². The lowest BCUT2D eigenvalue weighted by Crippen LogP contribution is -2.51. The first kappa shape index (κ1) is 22.3. The molecule has 8 heteroatoms. The number of hydrogen-bond acceptors (Lipinski definition) is 6. The van der Waals surface area contributed by atoms with Crippen molar-refractivity contribution in [3.8, 4) is 5.75 Å². The Bertz CT molecular complexity index is 1080. The van der Waals surface area contributed by atoms with Gasteiger partial charge in [-0.1, -0.05) is 36.4 Å². The molecule has 1 N–H and O–H groups in total. The number of benzene rings is 1. The highest BCUT2D eigenvalue weighted by molar-refractivity contribution is 5.94. The summed E-state index contributed by atoms with van der Waals surface area (Å²) in [6.07, 6.45) is 1.73. The minimum Gasteiger partial charge on any atom is -0.487 e. The van der Waals surface area contributed by atoms with Gasteiger partial charge in [0.15, 0.2) is 0 Å². The second-order valence-corrected chi connectivity index (χ2v) is 7.84. The van der Waals surface area contributed by atoms with Crippen molar-refractivity contribution < 1.29 is 14.3 Å². The van der Waals surface area contributed by atoms with Crippen LogP contribution in [0.1, 0.15) is 21.7 Å². The van der Waals surface area contributed by atoms with Gasteiger partial charge in [0, 0.05) is 31.9 Å². The molecular formula is C25H27N5O3. The van der Waals surface area contributed by atoms with Gasteiger partial charge in [0.1, 0.15) is 23.9 Å². The summed E-state index contributed by atoms with van der Waals surface area (Å²) in [5.41, 5.74) is 2.18. The smallest absolute Gasteiger partial charge is 0.270 e. The fourth-order valence-corrected chi connectivity index (χ4v) is 3.60. The van der Waals surface area contributed by atoms with E-state index in [4.69, 9.17) is 4.74 Å². The second-order valence-electron chi connectivity index (χ2n) is 7.84. The van der Waals surface area contributed by atoms with E-state index >= 15 is 0 Å². The molecule has 0 spiro atoms. The highest BCUT2D eigenvalue weighted by atomic mass is 16.5. The number of ether oxygens (including phenoxy) is 1. The minimum atomic E-state index is -0.343. The highest BCUT2D eigenvalue weighted by Gasteiger charge is 2.22. The predicted molar refractivity (Wildman–Crippen MR) is 125 cm³/mol. The summed E-state index contributed by atoms with van der Waals surface area (Å²) < 4.78 is 5.79. The third kappa shape index (κ3) is 6.06. The number of amides is 2. The van der Waals surface area contributed by atoms with Crippen molar-refractivity contribution in [1.29, 1.82) is 0 Å². The molecule has 1 aromatic carbocycles. The summed E-state index contributed by atoms with van der Waals surface area (Å²) in [6, 6.07) is 19.1. The summed E-state index contributed by atoms with van der Waals surface area (Å²) in [4.78, 5) is 37.3. The van der Waals surface area contributed by atoms with E-state index in [0.717, 1.165) is 22.8 Å². The lowest BCUT2D eigenvalue weighted by atomic mass is 10.2. The largest absolute Gasteiger partial charge is 0.487 e. The number of aromatic nitrogens is 2. The Balaban J connectivity index is 1.22. The summed E-state index contributed by atoms with van der Waals surface area (Å²) in [6.45, 7) is 4.78. The number of pyridine rings is 2. The lowest BCUT2D eigenvalue weighted by Gasteiger charge is -2.35. The molecule has 2 aromatic heterocycles. The van der Waals surface area contributed by atoms with E-state index in [0.29, 0.717) is 38.5 Å². The molecule has 3 heterocycles. The van der Waals surface area contributed by atoms with E-state index in [-0.39, 0.29) is 18.4 Å². The van der Waals surface area contributed by atoms with Crippen molar-refractivity contribution in [2.75, 3.05) is 37.6 Å². The first-order chi connectivity index (χ1) is 16.1. The monoisotopic (exact) mass is 445 g/mol. The standard InChI is InChI=1S/C25H27N5O3/c1-19-6-5-9-22(28-19)25(32)27-17-24(31)30-14-12-29(13-15-30)23-11-10-21(16-26-23)33-18-20-7-3-2-4-8-20/h2-11,16H,12-15,17-18H2,1H3,(H,27,32). The fourth-order valence-electron chi connectivity index (χ4n) is 3.60. The summed E-state index contributed by atoms with van der Waals surface area (Å²) >= 11 is 0. The fraction of sp³-hybridized carbons (Fsp3) is 0.280. The quantitative estimate of drug-likeness (QED) is 0.601. The van der Waals surface area contributed by atoms with Crippen LogP contribution in [0.4, 0.5) is 5.82 Å². The molecule has 8 nitrogen and oxygen atoms in total. The van der Waals surface area contributed by atoms with Crippen LogP contribution in [-0.4, -0.2) is 59.4 Å². The number of nitrogens with one attached hydrogen (secondary N) is 1. The number of rotatable bonds is 7. The number of hydrogen-bond donors (Lipinski definition) is 1. The SMILES string of the molecule is Cc1cccc(C(=O)NCC(=O)N2CCN(c3ccc(OCc4ccccc4)cn3)CC2)n1. The van der Waals surface area contributed by atoms with Gasteiger partial charge < -0.3 is 19.9 Å². The number of carbonyl (C=O) groups excluding carboxylic acids is 2. The zero-order valence-corrected chi connectivity index (χ0v) is 18.6. The van der Waals surface area contributed by atoms with Gasteiger partial charge in [-0.3, -0.25) is 9.59 Å². The Morgan fingerprint density at radius 1 is 0.970 bits per heavy atom. The van der Waals surface area contributed by atoms with Crippen LogP contribution in [0.2, 0.25) is 0 Å². The van der Waals surface area contributed by atoms with Crippen LogP contribution in [-0.2, 0) is 11.4 Å². The molecule has 33 heavy (non-hydrogen) atoms. The molecule has 4 rings (SSSR count). The molecule has 1 aliphatic rings. The maximum atomic E-state index is 12.5. The van der Waals surface area contributed by atoms with E-state index in [9.17, 15) is 9.59 Å². The van der Waals surface area contributed by atoms with E-state index in [1.165, 1.54) is 0 Å². The number of aryl methyl sites for hydroxylation is 1.